The fourth-order valence-corrected chi connectivity index (χ4v) is 3.25. The third kappa shape index (κ3) is 4.64. The Hall–Kier alpha value is -2.34. The predicted molar refractivity (Wildman–Crippen MR) is 109 cm³/mol. The van der Waals surface area contributed by atoms with E-state index in [-0.39, 0.29) is 6.04 Å². The van der Waals surface area contributed by atoms with Crippen molar-refractivity contribution in [3.05, 3.63) is 35.5 Å². The molecule has 0 bridgehead atoms. The van der Waals surface area contributed by atoms with Crippen LogP contribution >= 0.6 is 0 Å². The summed E-state index contributed by atoms with van der Waals surface area (Å²) in [5.41, 5.74) is 16.0. The summed E-state index contributed by atoms with van der Waals surface area (Å²) >= 11 is 0. The summed E-state index contributed by atoms with van der Waals surface area (Å²) in [4.78, 5) is 11.7. The Labute approximate surface area is 156 Å². The molecule has 0 spiro atoms. The number of aromatic nitrogens is 2. The third-order valence-corrected chi connectivity index (χ3v) is 4.87. The molecule has 140 valence electrons. The summed E-state index contributed by atoms with van der Waals surface area (Å²) in [5.74, 6) is 1.58. The highest BCUT2D eigenvalue weighted by atomic mass is 15.2. The van der Waals surface area contributed by atoms with Gasteiger partial charge in [0.1, 0.15) is 5.82 Å². The van der Waals surface area contributed by atoms with Crippen LogP contribution in [-0.4, -0.2) is 29.1 Å². The standard InChI is InChI=1S/C20H30N6/c1-3-4-7-16-12-19(26-10-5-6-15(21)13-26)25-20(23-16)24-17-9-8-14(2)18(22)11-17/h8-9,11-12,15H,3-7,10,13,21-22H2,1-2H3,(H,23,24,25)/t15-/m1/s1. The molecule has 1 aliphatic heterocycles. The van der Waals surface area contributed by atoms with Crippen LogP contribution in [0.3, 0.4) is 0 Å². The molecule has 3 rings (SSSR count). The molecule has 0 radical (unpaired) electrons. The Morgan fingerprint density at radius 2 is 2.12 bits per heavy atom. The van der Waals surface area contributed by atoms with E-state index in [0.29, 0.717) is 5.95 Å². The largest absolute Gasteiger partial charge is 0.398 e. The minimum atomic E-state index is 0.214. The van der Waals surface area contributed by atoms with E-state index < -0.39 is 0 Å². The first-order chi connectivity index (χ1) is 12.5. The molecule has 1 fully saturated rings. The summed E-state index contributed by atoms with van der Waals surface area (Å²) in [7, 11) is 0. The number of hydrogen-bond donors (Lipinski definition) is 3. The highest BCUT2D eigenvalue weighted by molar-refractivity contribution is 5.63. The molecule has 5 N–H and O–H groups in total. The number of nitrogens with zero attached hydrogens (tertiary/aromatic N) is 3. The average molecular weight is 355 g/mol. The topological polar surface area (TPSA) is 93.1 Å². The number of rotatable bonds is 6. The predicted octanol–water partition coefficient (Wildman–Crippen LogP) is 3.38. The number of benzene rings is 1. The van der Waals surface area contributed by atoms with Gasteiger partial charge in [-0.05, 0) is 50.3 Å². The Morgan fingerprint density at radius 3 is 2.85 bits per heavy atom. The molecule has 0 saturated carbocycles. The second-order valence-corrected chi connectivity index (χ2v) is 7.19. The van der Waals surface area contributed by atoms with E-state index in [0.717, 1.165) is 73.6 Å². The fraction of sp³-hybridized carbons (Fsp3) is 0.500. The number of unbranched alkanes of at least 4 members (excludes halogenated alkanes) is 1. The monoisotopic (exact) mass is 354 g/mol. The number of hydrogen-bond acceptors (Lipinski definition) is 6. The van der Waals surface area contributed by atoms with Crippen LogP contribution < -0.4 is 21.7 Å². The number of anilines is 4. The summed E-state index contributed by atoms with van der Waals surface area (Å²) < 4.78 is 0. The molecule has 1 aromatic carbocycles. The lowest BCUT2D eigenvalue weighted by atomic mass is 10.1. The Kier molecular flexibility index (Phi) is 5.93. The highest BCUT2D eigenvalue weighted by Crippen LogP contribution is 2.24. The van der Waals surface area contributed by atoms with Crippen LogP contribution in [0.1, 0.15) is 43.9 Å². The fourth-order valence-electron chi connectivity index (χ4n) is 3.25. The van der Waals surface area contributed by atoms with Crippen LogP contribution in [0, 0.1) is 6.92 Å². The van der Waals surface area contributed by atoms with Gasteiger partial charge in [-0.25, -0.2) is 4.98 Å². The van der Waals surface area contributed by atoms with Gasteiger partial charge in [0.15, 0.2) is 0 Å². The summed E-state index contributed by atoms with van der Waals surface area (Å²) in [6.45, 7) is 6.04. The molecule has 1 aliphatic rings. The van der Waals surface area contributed by atoms with E-state index in [1.165, 1.54) is 0 Å². The van der Waals surface area contributed by atoms with Gasteiger partial charge in [-0.15, -0.1) is 0 Å². The Balaban J connectivity index is 1.87. The molecule has 1 aromatic heterocycles. The van der Waals surface area contributed by atoms with Crippen molar-refractivity contribution in [3.8, 4) is 0 Å². The van der Waals surface area contributed by atoms with E-state index in [4.69, 9.17) is 21.4 Å². The van der Waals surface area contributed by atoms with E-state index in [2.05, 4.69) is 23.2 Å². The molecule has 26 heavy (non-hydrogen) atoms. The van der Waals surface area contributed by atoms with Crippen molar-refractivity contribution >= 4 is 23.1 Å². The Morgan fingerprint density at radius 1 is 1.27 bits per heavy atom. The summed E-state index contributed by atoms with van der Waals surface area (Å²) in [5, 5.41) is 3.32. The Bertz CT molecular complexity index is 745. The third-order valence-electron chi connectivity index (χ3n) is 4.87. The molecule has 0 amide bonds. The van der Waals surface area contributed by atoms with Crippen LogP contribution in [0.25, 0.3) is 0 Å². The average Bonchev–Trinajstić information content (AvgIpc) is 2.63. The molecule has 1 saturated heterocycles. The maximum atomic E-state index is 6.16. The van der Waals surface area contributed by atoms with Gasteiger partial charge in [-0.3, -0.25) is 0 Å². The van der Waals surface area contributed by atoms with Gasteiger partial charge in [-0.1, -0.05) is 19.4 Å². The lowest BCUT2D eigenvalue weighted by molar-refractivity contribution is 0.503. The maximum Gasteiger partial charge on any atom is 0.229 e. The number of nitrogens with two attached hydrogens (primary N) is 2. The smallest absolute Gasteiger partial charge is 0.229 e. The first-order valence-electron chi connectivity index (χ1n) is 9.57. The molecule has 0 unspecified atom stereocenters. The van der Waals surface area contributed by atoms with Crippen LogP contribution in [0.5, 0.6) is 0 Å². The first kappa shape index (κ1) is 18.5. The van der Waals surface area contributed by atoms with Crippen molar-refractivity contribution in [1.82, 2.24) is 9.97 Å². The van der Waals surface area contributed by atoms with Gasteiger partial charge >= 0.3 is 0 Å². The lowest BCUT2D eigenvalue weighted by Crippen LogP contribution is -2.43. The number of nitrogens with one attached hydrogen (secondary N) is 1. The van der Waals surface area contributed by atoms with E-state index >= 15 is 0 Å². The van der Waals surface area contributed by atoms with E-state index in [1.807, 2.05) is 25.1 Å². The van der Waals surface area contributed by atoms with Crippen molar-refractivity contribution in [2.75, 3.05) is 29.0 Å². The number of piperidine rings is 1. The van der Waals surface area contributed by atoms with Crippen molar-refractivity contribution in [3.63, 3.8) is 0 Å². The quantitative estimate of drug-likeness (QED) is 0.689. The van der Waals surface area contributed by atoms with Crippen molar-refractivity contribution < 1.29 is 0 Å². The SMILES string of the molecule is CCCCc1cc(N2CCC[C@@H](N)C2)nc(Nc2ccc(C)c(N)c2)n1. The molecule has 0 aliphatic carbocycles. The second kappa shape index (κ2) is 8.36. The van der Waals surface area contributed by atoms with E-state index in [9.17, 15) is 0 Å². The number of aryl methyl sites for hydroxylation is 2. The molecule has 1 atom stereocenters. The van der Waals surface area contributed by atoms with Crippen LogP contribution in [0.4, 0.5) is 23.1 Å². The minimum absolute atomic E-state index is 0.214. The van der Waals surface area contributed by atoms with Gasteiger partial charge in [0.05, 0.1) is 0 Å². The zero-order chi connectivity index (χ0) is 18.5. The van der Waals surface area contributed by atoms with Gasteiger partial charge in [-0.2, -0.15) is 4.98 Å². The normalized spacial score (nSPS) is 17.3. The summed E-state index contributed by atoms with van der Waals surface area (Å²) in [6, 6.07) is 8.26. The lowest BCUT2D eigenvalue weighted by Gasteiger charge is -2.32. The second-order valence-electron chi connectivity index (χ2n) is 7.19. The molecule has 2 heterocycles. The molecular formula is C20H30N6. The van der Waals surface area contributed by atoms with Crippen molar-refractivity contribution in [2.24, 2.45) is 5.73 Å². The molecule has 6 nitrogen and oxygen atoms in total. The number of nitrogen functional groups attached to an aromatic ring is 1. The zero-order valence-electron chi connectivity index (χ0n) is 15.8. The maximum absolute atomic E-state index is 6.16. The van der Waals surface area contributed by atoms with Gasteiger partial charge in [0.25, 0.3) is 0 Å². The summed E-state index contributed by atoms with van der Waals surface area (Å²) in [6.07, 6.45) is 5.40. The van der Waals surface area contributed by atoms with Gasteiger partial charge in [0, 0.05) is 42.3 Å². The van der Waals surface area contributed by atoms with Gasteiger partial charge in [0.2, 0.25) is 5.95 Å². The van der Waals surface area contributed by atoms with Crippen molar-refractivity contribution in [2.45, 2.75) is 52.0 Å². The van der Waals surface area contributed by atoms with Crippen molar-refractivity contribution in [1.29, 1.82) is 0 Å². The minimum Gasteiger partial charge on any atom is -0.398 e. The van der Waals surface area contributed by atoms with E-state index in [1.54, 1.807) is 0 Å². The van der Waals surface area contributed by atoms with Crippen LogP contribution in [0.2, 0.25) is 0 Å². The molecular weight excluding hydrogens is 324 g/mol. The van der Waals surface area contributed by atoms with Gasteiger partial charge < -0.3 is 21.7 Å². The highest BCUT2D eigenvalue weighted by Gasteiger charge is 2.19. The molecule has 6 heteroatoms. The zero-order valence-corrected chi connectivity index (χ0v) is 15.8. The molecule has 2 aromatic rings. The first-order valence-corrected chi connectivity index (χ1v) is 9.57. The van der Waals surface area contributed by atoms with Crippen LogP contribution in [-0.2, 0) is 6.42 Å². The van der Waals surface area contributed by atoms with Crippen LogP contribution in [0.15, 0.2) is 24.3 Å².